The number of hydrogen-bond donors (Lipinski definition) is 0. The number of unbranched alkanes of at least 4 members (excludes halogenated alkanes) is 1. The SMILES string of the molecule is Cl.O=c1c(-c2ccccc2F)c2ccccn2c(=O)n1CCCCN1CCN(c2ccccn2)CC1. The van der Waals surface area contributed by atoms with Crippen LogP contribution in [-0.2, 0) is 6.54 Å². The number of hydrogen-bond acceptors (Lipinski definition) is 5. The van der Waals surface area contributed by atoms with Crippen molar-refractivity contribution in [1.82, 2.24) is 18.9 Å². The highest BCUT2D eigenvalue weighted by molar-refractivity contribution is 5.85. The van der Waals surface area contributed by atoms with Crippen LogP contribution in [0.2, 0.25) is 0 Å². The summed E-state index contributed by atoms with van der Waals surface area (Å²) in [4.78, 5) is 35.6. The van der Waals surface area contributed by atoms with Gasteiger partial charge in [-0.25, -0.2) is 14.2 Å². The molecule has 0 amide bonds. The molecule has 0 bridgehead atoms. The number of piperazine rings is 1. The van der Waals surface area contributed by atoms with Crippen LogP contribution >= 0.6 is 12.4 Å². The van der Waals surface area contributed by atoms with Crippen molar-refractivity contribution in [2.45, 2.75) is 19.4 Å². The van der Waals surface area contributed by atoms with Gasteiger partial charge < -0.3 is 4.90 Å². The number of nitrogens with zero attached hydrogens (tertiary/aromatic N) is 5. The van der Waals surface area contributed by atoms with Crippen LogP contribution < -0.4 is 16.1 Å². The van der Waals surface area contributed by atoms with E-state index in [1.165, 1.54) is 15.0 Å². The van der Waals surface area contributed by atoms with Crippen LogP contribution in [-0.4, -0.2) is 51.6 Å². The zero-order valence-corrected chi connectivity index (χ0v) is 20.7. The zero-order chi connectivity index (χ0) is 24.2. The third kappa shape index (κ3) is 5.20. The second kappa shape index (κ2) is 11.5. The summed E-state index contributed by atoms with van der Waals surface area (Å²) < 4.78 is 17.3. The fourth-order valence-corrected chi connectivity index (χ4v) is 4.74. The Morgan fingerprint density at radius 1 is 0.833 bits per heavy atom. The summed E-state index contributed by atoms with van der Waals surface area (Å²) in [6, 6.07) is 17.3. The number of fused-ring (bicyclic) bond motifs is 1. The zero-order valence-electron chi connectivity index (χ0n) is 19.9. The van der Waals surface area contributed by atoms with Crippen molar-refractivity contribution in [2.24, 2.45) is 0 Å². The molecule has 1 aliphatic rings. The predicted octanol–water partition coefficient (Wildman–Crippen LogP) is 3.69. The van der Waals surface area contributed by atoms with E-state index in [-0.39, 0.29) is 23.5 Å². The Morgan fingerprint density at radius 2 is 1.56 bits per heavy atom. The van der Waals surface area contributed by atoms with E-state index in [2.05, 4.69) is 14.8 Å². The summed E-state index contributed by atoms with van der Waals surface area (Å²) in [6.45, 7) is 4.95. The van der Waals surface area contributed by atoms with Crippen LogP contribution in [0.5, 0.6) is 0 Å². The molecule has 0 spiro atoms. The van der Waals surface area contributed by atoms with Crippen molar-refractivity contribution in [3.63, 3.8) is 0 Å². The monoisotopic (exact) mass is 509 g/mol. The van der Waals surface area contributed by atoms with E-state index in [1.807, 2.05) is 24.4 Å². The van der Waals surface area contributed by atoms with Gasteiger partial charge in [-0.2, -0.15) is 0 Å². The van der Waals surface area contributed by atoms with Gasteiger partial charge in [0, 0.05) is 50.7 Å². The molecule has 0 unspecified atom stereocenters. The molecule has 7 nitrogen and oxygen atoms in total. The lowest BCUT2D eigenvalue weighted by Crippen LogP contribution is -2.47. The summed E-state index contributed by atoms with van der Waals surface area (Å²) in [6.07, 6.45) is 4.99. The molecule has 188 valence electrons. The maximum Gasteiger partial charge on any atom is 0.335 e. The quantitative estimate of drug-likeness (QED) is 0.356. The van der Waals surface area contributed by atoms with Gasteiger partial charge in [0.2, 0.25) is 0 Å². The number of aromatic nitrogens is 3. The highest BCUT2D eigenvalue weighted by atomic mass is 35.5. The fraction of sp³-hybridized carbons (Fsp3) is 0.296. The molecule has 0 saturated carbocycles. The lowest BCUT2D eigenvalue weighted by Gasteiger charge is -2.35. The first kappa shape index (κ1) is 25.6. The number of halogens is 2. The molecule has 1 aliphatic heterocycles. The Balaban J connectivity index is 0.00000304. The largest absolute Gasteiger partial charge is 0.354 e. The average Bonchev–Trinajstić information content (AvgIpc) is 2.90. The van der Waals surface area contributed by atoms with Gasteiger partial charge in [-0.15, -0.1) is 12.4 Å². The molecule has 1 aromatic carbocycles. The minimum Gasteiger partial charge on any atom is -0.354 e. The van der Waals surface area contributed by atoms with E-state index < -0.39 is 17.1 Å². The lowest BCUT2D eigenvalue weighted by atomic mass is 10.1. The van der Waals surface area contributed by atoms with E-state index >= 15 is 0 Å². The van der Waals surface area contributed by atoms with Gasteiger partial charge in [-0.3, -0.25) is 18.7 Å². The maximum atomic E-state index is 14.6. The predicted molar refractivity (Wildman–Crippen MR) is 143 cm³/mol. The van der Waals surface area contributed by atoms with Crippen LogP contribution in [0.4, 0.5) is 10.2 Å². The first-order chi connectivity index (χ1) is 17.1. The molecule has 36 heavy (non-hydrogen) atoms. The van der Waals surface area contributed by atoms with E-state index in [0.717, 1.165) is 45.0 Å². The molecule has 1 saturated heterocycles. The normalized spacial score (nSPS) is 14.1. The van der Waals surface area contributed by atoms with Crippen molar-refractivity contribution < 1.29 is 4.39 Å². The van der Waals surface area contributed by atoms with Crippen LogP contribution in [0.25, 0.3) is 16.6 Å². The molecule has 0 N–H and O–H groups in total. The molecular formula is C27H29ClFN5O2. The second-order valence-corrected chi connectivity index (χ2v) is 8.77. The number of pyridine rings is 2. The molecule has 4 aromatic rings. The van der Waals surface area contributed by atoms with E-state index in [0.29, 0.717) is 18.5 Å². The first-order valence-electron chi connectivity index (χ1n) is 12.0. The molecule has 1 fully saturated rings. The van der Waals surface area contributed by atoms with E-state index in [4.69, 9.17) is 0 Å². The Morgan fingerprint density at radius 3 is 2.31 bits per heavy atom. The third-order valence-electron chi connectivity index (χ3n) is 6.61. The number of rotatable bonds is 7. The number of anilines is 1. The average molecular weight is 510 g/mol. The van der Waals surface area contributed by atoms with E-state index in [1.54, 1.807) is 42.6 Å². The van der Waals surface area contributed by atoms with Gasteiger partial charge in [0.15, 0.2) is 0 Å². The van der Waals surface area contributed by atoms with Crippen molar-refractivity contribution in [3.05, 3.63) is 99.7 Å². The second-order valence-electron chi connectivity index (χ2n) is 8.77. The fourth-order valence-electron chi connectivity index (χ4n) is 4.74. The van der Waals surface area contributed by atoms with Gasteiger partial charge in [0.1, 0.15) is 11.6 Å². The molecule has 3 aromatic heterocycles. The summed E-state index contributed by atoms with van der Waals surface area (Å²) in [5.74, 6) is 0.527. The van der Waals surface area contributed by atoms with Gasteiger partial charge in [0.05, 0.1) is 11.1 Å². The molecule has 0 atom stereocenters. The van der Waals surface area contributed by atoms with Crippen LogP contribution in [0.3, 0.4) is 0 Å². The van der Waals surface area contributed by atoms with Crippen molar-refractivity contribution in [2.75, 3.05) is 37.6 Å². The Labute approximate surface area is 214 Å². The summed E-state index contributed by atoms with van der Waals surface area (Å²) in [7, 11) is 0. The van der Waals surface area contributed by atoms with Gasteiger partial charge in [-0.05, 0) is 49.7 Å². The minimum absolute atomic E-state index is 0. The Kier molecular flexibility index (Phi) is 8.18. The third-order valence-corrected chi connectivity index (χ3v) is 6.61. The standard InChI is InChI=1S/C27H28FN5O2.ClH/c28-22-10-2-1-9-21(22)25-23-11-4-6-15-32(23)27(35)33(26(25)34)16-8-7-14-30-17-19-31(20-18-30)24-12-3-5-13-29-24;/h1-6,9-13,15H,7-8,14,16-20H2;1H. The molecule has 0 radical (unpaired) electrons. The molecule has 9 heteroatoms. The van der Waals surface area contributed by atoms with Gasteiger partial charge >= 0.3 is 5.69 Å². The Hall–Kier alpha value is -3.49. The molecular weight excluding hydrogens is 481 g/mol. The summed E-state index contributed by atoms with van der Waals surface area (Å²) in [5, 5.41) is 0. The smallest absolute Gasteiger partial charge is 0.335 e. The summed E-state index contributed by atoms with van der Waals surface area (Å²) in [5.41, 5.74) is -0.00534. The Bertz CT molecular complexity index is 1430. The van der Waals surface area contributed by atoms with E-state index in [9.17, 15) is 14.0 Å². The first-order valence-corrected chi connectivity index (χ1v) is 12.0. The molecule has 4 heterocycles. The highest BCUT2D eigenvalue weighted by Crippen LogP contribution is 2.23. The lowest BCUT2D eigenvalue weighted by molar-refractivity contribution is 0.250. The summed E-state index contributed by atoms with van der Waals surface area (Å²) >= 11 is 0. The van der Waals surface area contributed by atoms with Gasteiger partial charge in [-0.1, -0.05) is 30.3 Å². The maximum absolute atomic E-state index is 14.6. The van der Waals surface area contributed by atoms with Crippen molar-refractivity contribution in [3.8, 4) is 11.1 Å². The topological polar surface area (TPSA) is 62.9 Å². The van der Waals surface area contributed by atoms with Crippen molar-refractivity contribution in [1.29, 1.82) is 0 Å². The highest BCUT2D eigenvalue weighted by Gasteiger charge is 2.19. The number of benzene rings is 1. The van der Waals surface area contributed by atoms with Crippen LogP contribution in [0, 0.1) is 5.82 Å². The van der Waals surface area contributed by atoms with Crippen molar-refractivity contribution >= 4 is 23.7 Å². The van der Waals surface area contributed by atoms with Crippen LogP contribution in [0.15, 0.2) is 82.6 Å². The van der Waals surface area contributed by atoms with Gasteiger partial charge in [0.25, 0.3) is 5.56 Å². The minimum atomic E-state index is -0.481. The molecule has 0 aliphatic carbocycles. The van der Waals surface area contributed by atoms with Crippen LogP contribution in [0.1, 0.15) is 12.8 Å². The molecule has 5 rings (SSSR count).